The van der Waals surface area contributed by atoms with Crippen LogP contribution in [0.2, 0.25) is 0 Å². The molecule has 0 bridgehead atoms. The van der Waals surface area contributed by atoms with Crippen LogP contribution < -0.4 is 10.9 Å². The summed E-state index contributed by atoms with van der Waals surface area (Å²) >= 11 is 4.65. The first kappa shape index (κ1) is 20.4. The molecule has 1 aliphatic carbocycles. The van der Waals surface area contributed by atoms with Gasteiger partial charge in [0.2, 0.25) is 5.91 Å². The summed E-state index contributed by atoms with van der Waals surface area (Å²) in [4.78, 5) is 33.6. The van der Waals surface area contributed by atoms with Gasteiger partial charge in [-0.3, -0.25) is 14.2 Å². The lowest BCUT2D eigenvalue weighted by molar-refractivity contribution is -0.118. The summed E-state index contributed by atoms with van der Waals surface area (Å²) < 4.78 is 1.65. The van der Waals surface area contributed by atoms with Crippen molar-refractivity contribution in [1.29, 1.82) is 0 Å². The van der Waals surface area contributed by atoms with Crippen molar-refractivity contribution in [2.75, 3.05) is 12.3 Å². The normalized spacial score (nSPS) is 13.4. The quantitative estimate of drug-likeness (QED) is 0.323. The van der Waals surface area contributed by atoms with Gasteiger partial charge in [-0.2, -0.15) is 0 Å². The summed E-state index contributed by atoms with van der Waals surface area (Å²) in [5.41, 5.74) is 1.18. The van der Waals surface area contributed by atoms with E-state index in [9.17, 15) is 9.59 Å². The molecule has 0 saturated carbocycles. The van der Waals surface area contributed by atoms with Gasteiger partial charge >= 0.3 is 0 Å². The van der Waals surface area contributed by atoms with Crippen molar-refractivity contribution in [3.8, 4) is 0 Å². The van der Waals surface area contributed by atoms with Crippen LogP contribution in [0.5, 0.6) is 0 Å². The number of nitrogens with one attached hydrogen (secondary N) is 1. The summed E-state index contributed by atoms with van der Waals surface area (Å²) in [6, 6.07) is 4.08. The number of nitrogens with zero attached hydrogens (tertiary/aromatic N) is 2. The van der Waals surface area contributed by atoms with Crippen molar-refractivity contribution in [1.82, 2.24) is 14.9 Å². The molecule has 0 unspecified atom stereocenters. The molecule has 152 valence electrons. The Kier molecular flexibility index (Phi) is 6.52. The maximum absolute atomic E-state index is 13.2. The second-order valence-electron chi connectivity index (χ2n) is 6.96. The molecule has 0 atom stereocenters. The Morgan fingerprint density at radius 2 is 2.24 bits per heavy atom. The highest BCUT2D eigenvalue weighted by molar-refractivity contribution is 7.99. The lowest BCUT2D eigenvalue weighted by Crippen LogP contribution is -2.28. The van der Waals surface area contributed by atoms with Gasteiger partial charge in [0, 0.05) is 22.8 Å². The predicted molar refractivity (Wildman–Crippen MR) is 122 cm³/mol. The number of aromatic nitrogens is 2. The number of carbonyl (C=O) groups is 1. The number of thioether (sulfide) groups is 1. The van der Waals surface area contributed by atoms with Gasteiger partial charge in [-0.15, -0.1) is 29.3 Å². The number of aryl methyl sites for hydroxylation is 2. The lowest BCUT2D eigenvalue weighted by atomic mass is 9.97. The molecule has 3 aromatic heterocycles. The Morgan fingerprint density at radius 1 is 1.38 bits per heavy atom. The molecule has 1 amide bonds. The van der Waals surface area contributed by atoms with Crippen LogP contribution in [0.1, 0.15) is 28.2 Å². The van der Waals surface area contributed by atoms with E-state index in [0.717, 1.165) is 35.9 Å². The highest BCUT2D eigenvalue weighted by Crippen LogP contribution is 2.34. The Labute approximate surface area is 181 Å². The van der Waals surface area contributed by atoms with Gasteiger partial charge in [0.15, 0.2) is 5.16 Å². The van der Waals surface area contributed by atoms with E-state index in [-0.39, 0.29) is 17.2 Å². The number of amides is 1. The standard InChI is InChI=1S/C21H23N3O2S3/c1-2-11-24-20(26)18-15-7-3-4-8-16(15)29-19(18)23-21(24)28-13-17(25)22-10-9-14-6-5-12-27-14/h2,5-6,12H,1,3-4,7-11,13H2,(H,22,25). The lowest BCUT2D eigenvalue weighted by Gasteiger charge is -2.12. The molecule has 1 aliphatic rings. The van der Waals surface area contributed by atoms with Crippen LogP contribution in [0.3, 0.4) is 0 Å². The van der Waals surface area contributed by atoms with Gasteiger partial charge in [-0.1, -0.05) is 23.9 Å². The third-order valence-corrected chi connectivity index (χ3v) is 8.06. The highest BCUT2D eigenvalue weighted by Gasteiger charge is 2.22. The molecule has 0 aliphatic heterocycles. The van der Waals surface area contributed by atoms with Crippen molar-refractivity contribution in [2.24, 2.45) is 0 Å². The summed E-state index contributed by atoms with van der Waals surface area (Å²) in [5, 5.41) is 6.35. The van der Waals surface area contributed by atoms with Crippen LogP contribution in [0.4, 0.5) is 0 Å². The number of rotatable bonds is 8. The number of carbonyl (C=O) groups excluding carboxylic acids is 1. The maximum atomic E-state index is 13.2. The van der Waals surface area contributed by atoms with Crippen molar-refractivity contribution >= 4 is 50.6 Å². The third-order valence-electron chi connectivity index (χ3n) is 4.96. The molecule has 5 nitrogen and oxygen atoms in total. The van der Waals surface area contributed by atoms with Crippen molar-refractivity contribution in [3.05, 3.63) is 55.8 Å². The van der Waals surface area contributed by atoms with Crippen molar-refractivity contribution < 1.29 is 4.79 Å². The Morgan fingerprint density at radius 3 is 3.03 bits per heavy atom. The van der Waals surface area contributed by atoms with E-state index in [1.165, 1.54) is 33.5 Å². The average Bonchev–Trinajstić information content (AvgIpc) is 3.36. The van der Waals surface area contributed by atoms with E-state index in [0.29, 0.717) is 18.2 Å². The largest absolute Gasteiger partial charge is 0.355 e. The molecule has 3 aromatic rings. The fourth-order valence-corrected chi connectivity index (χ4v) is 6.43. The maximum Gasteiger partial charge on any atom is 0.263 e. The molecule has 0 spiro atoms. The third kappa shape index (κ3) is 4.49. The van der Waals surface area contributed by atoms with Gasteiger partial charge in [0.1, 0.15) is 4.83 Å². The molecule has 29 heavy (non-hydrogen) atoms. The summed E-state index contributed by atoms with van der Waals surface area (Å²) in [5.74, 6) is 0.196. The minimum atomic E-state index is -0.0449. The van der Waals surface area contributed by atoms with Crippen molar-refractivity contribution in [3.63, 3.8) is 0 Å². The number of hydrogen-bond donors (Lipinski definition) is 1. The summed E-state index contributed by atoms with van der Waals surface area (Å²) in [6.07, 6.45) is 6.83. The van der Waals surface area contributed by atoms with E-state index in [1.54, 1.807) is 33.3 Å². The van der Waals surface area contributed by atoms with Gasteiger partial charge in [-0.25, -0.2) is 4.98 Å². The van der Waals surface area contributed by atoms with Gasteiger partial charge in [0.25, 0.3) is 5.56 Å². The molecular formula is C21H23N3O2S3. The topological polar surface area (TPSA) is 64.0 Å². The zero-order valence-corrected chi connectivity index (χ0v) is 18.6. The first-order valence-corrected chi connectivity index (χ1v) is 12.4. The van der Waals surface area contributed by atoms with Crippen LogP contribution >= 0.6 is 34.4 Å². The molecule has 0 radical (unpaired) electrons. The van der Waals surface area contributed by atoms with Gasteiger partial charge in [0.05, 0.1) is 11.1 Å². The Balaban J connectivity index is 1.50. The van der Waals surface area contributed by atoms with Crippen LogP contribution in [-0.2, 0) is 30.6 Å². The van der Waals surface area contributed by atoms with Crippen LogP contribution in [0.15, 0.2) is 40.1 Å². The summed E-state index contributed by atoms with van der Waals surface area (Å²) in [7, 11) is 0. The summed E-state index contributed by atoms with van der Waals surface area (Å²) in [6.45, 7) is 4.79. The van der Waals surface area contributed by atoms with Crippen LogP contribution in [0, 0.1) is 0 Å². The average molecular weight is 446 g/mol. The molecule has 1 N–H and O–H groups in total. The monoisotopic (exact) mass is 445 g/mol. The molecule has 3 heterocycles. The Hall–Kier alpha value is -1.90. The highest BCUT2D eigenvalue weighted by atomic mass is 32.2. The van der Waals surface area contributed by atoms with E-state index in [1.807, 2.05) is 11.4 Å². The molecule has 8 heteroatoms. The zero-order chi connectivity index (χ0) is 20.2. The van der Waals surface area contributed by atoms with E-state index in [4.69, 9.17) is 4.98 Å². The van der Waals surface area contributed by atoms with Gasteiger partial charge < -0.3 is 5.32 Å². The number of thiophene rings is 2. The molecular weight excluding hydrogens is 422 g/mol. The van der Waals surface area contributed by atoms with Gasteiger partial charge in [-0.05, 0) is 49.1 Å². The smallest absolute Gasteiger partial charge is 0.263 e. The van der Waals surface area contributed by atoms with Crippen LogP contribution in [0.25, 0.3) is 10.2 Å². The zero-order valence-electron chi connectivity index (χ0n) is 16.1. The fraction of sp³-hybridized carbons (Fsp3) is 0.381. The molecule has 4 rings (SSSR count). The molecule has 0 fully saturated rings. The first-order valence-electron chi connectivity index (χ1n) is 9.75. The molecule has 0 saturated heterocycles. The van der Waals surface area contributed by atoms with E-state index < -0.39 is 0 Å². The van der Waals surface area contributed by atoms with E-state index in [2.05, 4.69) is 18.0 Å². The second-order valence-corrected chi connectivity index (χ2v) is 10.0. The Bertz CT molecular complexity index is 1080. The van der Waals surface area contributed by atoms with E-state index >= 15 is 0 Å². The van der Waals surface area contributed by atoms with Crippen LogP contribution in [-0.4, -0.2) is 27.8 Å². The SMILES string of the molecule is C=CCn1c(SCC(=O)NCCc2cccs2)nc2sc3c(c2c1=O)CCCC3. The number of fused-ring (bicyclic) bond motifs is 3. The number of allylic oxidation sites excluding steroid dienone is 1. The molecule has 0 aromatic carbocycles. The fourth-order valence-electron chi connectivity index (χ4n) is 3.58. The first-order chi connectivity index (χ1) is 14.2. The number of hydrogen-bond acceptors (Lipinski definition) is 6. The minimum Gasteiger partial charge on any atom is -0.355 e. The minimum absolute atomic E-state index is 0.00472. The predicted octanol–water partition coefficient (Wildman–Crippen LogP) is 4.04. The second kappa shape index (κ2) is 9.28. The van der Waals surface area contributed by atoms with Crippen molar-refractivity contribution in [2.45, 2.75) is 43.8 Å².